The first kappa shape index (κ1) is 22.3. The topological polar surface area (TPSA) is 94.9 Å². The van der Waals surface area contributed by atoms with Gasteiger partial charge in [-0.2, -0.15) is 0 Å². The molecule has 0 saturated carbocycles. The summed E-state index contributed by atoms with van der Waals surface area (Å²) in [5.41, 5.74) is 4.44. The van der Waals surface area contributed by atoms with Crippen molar-refractivity contribution >= 4 is 32.9 Å². The molecular weight excluding hydrogens is 450 g/mol. The Hall–Kier alpha value is -3.47. The summed E-state index contributed by atoms with van der Waals surface area (Å²) in [4.78, 5) is 9.37. The summed E-state index contributed by atoms with van der Waals surface area (Å²) in [5, 5.41) is 7.92. The van der Waals surface area contributed by atoms with E-state index in [1.54, 1.807) is 28.9 Å². The van der Waals surface area contributed by atoms with Crippen LogP contribution >= 0.6 is 0 Å². The maximum atomic E-state index is 12.2. The molecule has 2 N–H and O–H groups in total. The normalized spacial score (nSPS) is 15.1. The van der Waals surface area contributed by atoms with Gasteiger partial charge in [0.1, 0.15) is 0 Å². The smallest absolute Gasteiger partial charge is 0.245 e. The minimum Gasteiger partial charge on any atom is -0.369 e. The molecule has 0 unspecified atom stereocenters. The molecule has 1 aliphatic heterocycles. The van der Waals surface area contributed by atoms with Crippen LogP contribution in [0.5, 0.6) is 0 Å². The quantitative estimate of drug-likeness (QED) is 0.441. The molecule has 1 aliphatic rings. The van der Waals surface area contributed by atoms with Crippen molar-refractivity contribution in [2.45, 2.75) is 4.90 Å². The highest BCUT2D eigenvalue weighted by molar-refractivity contribution is 7.89. The Bertz CT molecular complexity index is 1410. The molecule has 176 valence electrons. The highest BCUT2D eigenvalue weighted by Gasteiger charge is 2.15. The van der Waals surface area contributed by atoms with Crippen LogP contribution in [0.2, 0.25) is 0 Å². The summed E-state index contributed by atoms with van der Waals surface area (Å²) in [5.74, 6) is 0.455. The number of aromatic nitrogens is 3. The fraction of sp³-hybridized carbons (Fsp3) is 0.250. The van der Waals surface area contributed by atoms with Gasteiger partial charge in [-0.05, 0) is 62.6 Å². The van der Waals surface area contributed by atoms with Crippen molar-refractivity contribution in [3.63, 3.8) is 0 Å². The molecule has 34 heavy (non-hydrogen) atoms. The molecule has 1 saturated heterocycles. The van der Waals surface area contributed by atoms with Crippen molar-refractivity contribution in [1.82, 2.24) is 24.2 Å². The van der Waals surface area contributed by atoms with E-state index in [4.69, 9.17) is 0 Å². The minimum absolute atomic E-state index is 0.204. The highest BCUT2D eigenvalue weighted by atomic mass is 32.2. The number of sulfonamides is 1. The number of fused-ring (bicyclic) bond motifs is 1. The van der Waals surface area contributed by atoms with Crippen LogP contribution in [0.25, 0.3) is 16.8 Å². The third kappa shape index (κ3) is 4.47. The number of benzene rings is 2. The molecule has 9 nitrogen and oxygen atoms in total. The lowest BCUT2D eigenvalue weighted by molar-refractivity contribution is 0.313. The summed E-state index contributed by atoms with van der Waals surface area (Å²) in [6.07, 6.45) is 1.74. The van der Waals surface area contributed by atoms with E-state index in [0.717, 1.165) is 48.6 Å². The highest BCUT2D eigenvalue weighted by Crippen LogP contribution is 2.25. The number of anilines is 3. The Morgan fingerprint density at radius 1 is 0.941 bits per heavy atom. The van der Waals surface area contributed by atoms with Crippen molar-refractivity contribution < 1.29 is 8.42 Å². The summed E-state index contributed by atoms with van der Waals surface area (Å²) < 4.78 is 28.6. The van der Waals surface area contributed by atoms with E-state index in [1.807, 2.05) is 30.3 Å². The van der Waals surface area contributed by atoms with E-state index in [2.05, 4.69) is 49.1 Å². The second-order valence-electron chi connectivity index (χ2n) is 8.33. The van der Waals surface area contributed by atoms with Crippen molar-refractivity contribution in [2.75, 3.05) is 50.5 Å². The first-order chi connectivity index (χ1) is 16.4. The van der Waals surface area contributed by atoms with Gasteiger partial charge in [0.25, 0.3) is 0 Å². The van der Waals surface area contributed by atoms with E-state index >= 15 is 0 Å². The number of piperazine rings is 1. The van der Waals surface area contributed by atoms with Gasteiger partial charge in [-0.3, -0.25) is 0 Å². The predicted octanol–water partition coefficient (Wildman–Crippen LogP) is 2.80. The molecule has 4 aromatic rings. The largest absolute Gasteiger partial charge is 0.369 e. The first-order valence-electron chi connectivity index (χ1n) is 11.1. The number of hydrogen-bond donors (Lipinski definition) is 2. The summed E-state index contributed by atoms with van der Waals surface area (Å²) in [6.45, 7) is 4.18. The van der Waals surface area contributed by atoms with Crippen LogP contribution in [-0.2, 0) is 10.0 Å². The van der Waals surface area contributed by atoms with E-state index in [9.17, 15) is 8.42 Å². The Kier molecular flexibility index (Phi) is 5.94. The van der Waals surface area contributed by atoms with Crippen molar-refractivity contribution in [1.29, 1.82) is 0 Å². The van der Waals surface area contributed by atoms with Gasteiger partial charge in [-0.15, -0.1) is 5.10 Å². The van der Waals surface area contributed by atoms with E-state index in [1.165, 1.54) is 12.7 Å². The van der Waals surface area contributed by atoms with Crippen LogP contribution in [0.1, 0.15) is 0 Å². The van der Waals surface area contributed by atoms with Gasteiger partial charge in [0.15, 0.2) is 0 Å². The minimum atomic E-state index is -3.54. The summed E-state index contributed by atoms with van der Waals surface area (Å²) >= 11 is 0. The maximum absolute atomic E-state index is 12.2. The number of nitrogens with one attached hydrogen (secondary N) is 2. The standard InChI is InChI=1S/C24H27N7O2S/c1-25-34(32,33)22-5-3-4-18(16-22)23-11-10-21-17-26-24(28-31(21)23)27-19-6-8-20(9-7-19)30-14-12-29(2)13-15-30/h3-11,16-17,25H,12-15H2,1-2H3,(H,27,28). The zero-order chi connectivity index (χ0) is 23.7. The molecule has 2 aromatic carbocycles. The fourth-order valence-electron chi connectivity index (χ4n) is 4.07. The third-order valence-corrected chi connectivity index (χ3v) is 7.51. The zero-order valence-electron chi connectivity index (χ0n) is 19.1. The molecule has 2 aromatic heterocycles. The van der Waals surface area contributed by atoms with Crippen LogP contribution in [0.15, 0.2) is 71.8 Å². The van der Waals surface area contributed by atoms with Gasteiger partial charge >= 0.3 is 0 Å². The molecule has 5 rings (SSSR count). The van der Waals surface area contributed by atoms with Gasteiger partial charge in [-0.25, -0.2) is 22.6 Å². The average molecular weight is 478 g/mol. The second-order valence-corrected chi connectivity index (χ2v) is 10.2. The van der Waals surface area contributed by atoms with Gasteiger partial charge in [0, 0.05) is 43.1 Å². The van der Waals surface area contributed by atoms with E-state index in [0.29, 0.717) is 5.95 Å². The molecule has 0 bridgehead atoms. The first-order valence-corrected chi connectivity index (χ1v) is 12.6. The van der Waals surface area contributed by atoms with Crippen molar-refractivity contribution in [3.8, 4) is 11.3 Å². The fourth-order valence-corrected chi connectivity index (χ4v) is 4.84. The van der Waals surface area contributed by atoms with Gasteiger partial charge < -0.3 is 15.1 Å². The molecular formula is C24H27N7O2S. The van der Waals surface area contributed by atoms with Crippen molar-refractivity contribution in [3.05, 3.63) is 66.9 Å². The monoisotopic (exact) mass is 477 g/mol. The molecule has 0 atom stereocenters. The second kappa shape index (κ2) is 9.05. The molecule has 1 fully saturated rings. The van der Waals surface area contributed by atoms with Gasteiger partial charge in [0.05, 0.1) is 22.3 Å². The Labute approximate surface area is 199 Å². The number of likely N-dealkylation sites (N-methyl/N-ethyl adjacent to an activating group) is 1. The van der Waals surface area contributed by atoms with Crippen LogP contribution in [0.3, 0.4) is 0 Å². The number of hydrogen-bond acceptors (Lipinski definition) is 7. The Morgan fingerprint density at radius 2 is 1.71 bits per heavy atom. The average Bonchev–Trinajstić information content (AvgIpc) is 3.28. The summed E-state index contributed by atoms with van der Waals surface area (Å²) in [7, 11) is 0.0128. The van der Waals surface area contributed by atoms with Crippen LogP contribution in [0.4, 0.5) is 17.3 Å². The van der Waals surface area contributed by atoms with Crippen LogP contribution in [-0.4, -0.2) is 68.2 Å². The maximum Gasteiger partial charge on any atom is 0.245 e. The number of rotatable bonds is 6. The van der Waals surface area contributed by atoms with Gasteiger partial charge in [-0.1, -0.05) is 12.1 Å². The third-order valence-electron chi connectivity index (χ3n) is 6.10. The molecule has 0 radical (unpaired) electrons. The van der Waals surface area contributed by atoms with E-state index < -0.39 is 10.0 Å². The number of nitrogens with zero attached hydrogens (tertiary/aromatic N) is 5. The lowest BCUT2D eigenvalue weighted by atomic mass is 10.2. The molecule has 3 heterocycles. The molecule has 0 spiro atoms. The van der Waals surface area contributed by atoms with E-state index in [-0.39, 0.29) is 4.90 Å². The zero-order valence-corrected chi connectivity index (χ0v) is 20.0. The molecule has 0 amide bonds. The molecule has 10 heteroatoms. The van der Waals surface area contributed by atoms with Crippen LogP contribution < -0.4 is 14.9 Å². The lowest BCUT2D eigenvalue weighted by Gasteiger charge is -2.34. The summed E-state index contributed by atoms with van der Waals surface area (Å²) in [6, 6.07) is 18.9. The van der Waals surface area contributed by atoms with Gasteiger partial charge in [0.2, 0.25) is 16.0 Å². The SMILES string of the molecule is CNS(=O)(=O)c1cccc(-c2ccc3cnc(Nc4ccc(N5CCN(C)CC5)cc4)nn23)c1. The molecule has 0 aliphatic carbocycles. The Morgan fingerprint density at radius 3 is 2.44 bits per heavy atom. The van der Waals surface area contributed by atoms with Crippen LogP contribution in [0, 0.1) is 0 Å². The van der Waals surface area contributed by atoms with Crippen molar-refractivity contribution in [2.24, 2.45) is 0 Å². The Balaban J connectivity index is 1.39. The predicted molar refractivity (Wildman–Crippen MR) is 134 cm³/mol. The lowest BCUT2D eigenvalue weighted by Crippen LogP contribution is -2.44.